The molecule has 8 rings (SSSR count). The van der Waals surface area contributed by atoms with Gasteiger partial charge in [0.05, 0.1) is 5.03 Å². The van der Waals surface area contributed by atoms with Gasteiger partial charge in [0.2, 0.25) is 5.60 Å². The number of rotatable bonds is 12. The van der Waals surface area contributed by atoms with Gasteiger partial charge in [-0.1, -0.05) is 191 Å². The fraction of sp³-hybridized carbons (Fsp3) is 0.114. The Balaban J connectivity index is 1.11. The van der Waals surface area contributed by atoms with Gasteiger partial charge in [-0.25, -0.2) is 9.78 Å². The summed E-state index contributed by atoms with van der Waals surface area (Å²) in [5, 5.41) is 6.90. The molecule has 2 amide bonds. The first-order chi connectivity index (χ1) is 28.3. The molecule has 6 aromatic rings. The molecule has 0 radical (unpaired) electrons. The number of ether oxygens (including phenoxy) is 1. The first kappa shape index (κ1) is 38.9. The van der Waals surface area contributed by atoms with Crippen molar-refractivity contribution in [3.63, 3.8) is 0 Å². The lowest BCUT2D eigenvalue weighted by atomic mass is 9.80. The highest BCUT2D eigenvalue weighted by atomic mass is 35.5. The molecule has 3 N–H and O–H groups in total. The van der Waals surface area contributed by atoms with Crippen LogP contribution in [0, 0.1) is 0 Å². The number of hydrogen-bond acceptors (Lipinski definition) is 10. The number of carbonyl (C=O) groups is 3. The van der Waals surface area contributed by atoms with Crippen molar-refractivity contribution in [2.75, 3.05) is 11.5 Å². The molecule has 0 spiro atoms. The second-order valence-electron chi connectivity index (χ2n) is 13.2. The van der Waals surface area contributed by atoms with Crippen LogP contribution >= 0.6 is 46.3 Å². The summed E-state index contributed by atoms with van der Waals surface area (Å²) in [6.45, 7) is 0. The van der Waals surface area contributed by atoms with Crippen LogP contribution in [0.1, 0.15) is 39.6 Å². The average molecular weight is 847 g/mol. The second-order valence-corrected chi connectivity index (χ2v) is 16.4. The van der Waals surface area contributed by atoms with E-state index < -0.39 is 40.9 Å². The molecule has 1 fully saturated rings. The summed E-state index contributed by atoms with van der Waals surface area (Å²) in [6.07, 6.45) is -0.768. The van der Waals surface area contributed by atoms with Gasteiger partial charge in [-0.15, -0.1) is 11.8 Å². The van der Waals surface area contributed by atoms with Gasteiger partial charge in [-0.05, 0) is 11.1 Å². The number of nitrogens with zero attached hydrogens (tertiary/aromatic N) is 3. The number of carbonyl (C=O) groups excluding carboxylic acids is 3. The molecule has 10 nitrogen and oxygen atoms in total. The molecule has 3 heterocycles. The number of aromatic nitrogens is 1. The number of thioether (sulfide) groups is 1. The Bertz CT molecular complexity index is 2370. The van der Waals surface area contributed by atoms with Crippen LogP contribution in [0.2, 0.25) is 4.34 Å². The number of β-lactam (4-membered cyclic amide) rings is 1. The lowest BCUT2D eigenvalue weighted by Gasteiger charge is -2.49. The molecule has 2 atom stereocenters. The Morgan fingerprint density at radius 3 is 1.74 bits per heavy atom. The number of oxime groups is 1. The number of halogens is 2. The molecule has 1 aromatic heterocycles. The van der Waals surface area contributed by atoms with E-state index in [1.54, 1.807) is 0 Å². The zero-order valence-corrected chi connectivity index (χ0v) is 33.6. The van der Waals surface area contributed by atoms with E-state index in [0.29, 0.717) is 0 Å². The molecular weight excluding hydrogens is 814 g/mol. The number of fused-ring (bicyclic) bond motifs is 1. The van der Waals surface area contributed by atoms with Gasteiger partial charge >= 0.3 is 5.97 Å². The summed E-state index contributed by atoms with van der Waals surface area (Å²) in [5.41, 5.74) is 7.97. The number of nitrogen functional groups attached to an aromatic ring is 1. The van der Waals surface area contributed by atoms with E-state index in [-0.39, 0.29) is 37.4 Å². The Morgan fingerprint density at radius 2 is 1.28 bits per heavy atom. The van der Waals surface area contributed by atoms with Crippen molar-refractivity contribution in [3.8, 4) is 0 Å². The molecule has 14 heteroatoms. The maximum Gasteiger partial charge on any atom is 0.357 e. The van der Waals surface area contributed by atoms with Crippen LogP contribution in [0.3, 0.4) is 0 Å². The largest absolute Gasteiger partial charge is 0.448 e. The Kier molecular flexibility index (Phi) is 11.3. The monoisotopic (exact) mass is 845 g/mol. The summed E-state index contributed by atoms with van der Waals surface area (Å²) in [7, 11) is 0. The molecule has 0 unspecified atom stereocenters. The number of amides is 2. The van der Waals surface area contributed by atoms with E-state index in [4.69, 9.17) is 38.5 Å². The fourth-order valence-electron chi connectivity index (χ4n) is 6.97. The quantitative estimate of drug-likeness (QED) is 0.0413. The van der Waals surface area contributed by atoms with Gasteiger partial charge in [0, 0.05) is 22.4 Å². The van der Waals surface area contributed by atoms with Crippen molar-refractivity contribution >= 4 is 74.9 Å². The van der Waals surface area contributed by atoms with E-state index in [2.05, 4.69) is 15.5 Å². The average Bonchev–Trinajstić information content (AvgIpc) is 3.61. The first-order valence-corrected chi connectivity index (χ1v) is 20.7. The van der Waals surface area contributed by atoms with E-state index in [1.807, 2.05) is 152 Å². The van der Waals surface area contributed by atoms with Gasteiger partial charge in [0.15, 0.2) is 16.9 Å². The van der Waals surface area contributed by atoms with Gasteiger partial charge in [0.1, 0.15) is 27.1 Å². The Labute approximate surface area is 352 Å². The molecule has 2 aliphatic heterocycles. The van der Waals surface area contributed by atoms with Gasteiger partial charge in [-0.3, -0.25) is 14.5 Å². The Morgan fingerprint density at radius 1 is 0.793 bits per heavy atom. The third-order valence-corrected chi connectivity index (χ3v) is 12.5. The maximum absolute atomic E-state index is 14.4. The highest BCUT2D eigenvalue weighted by Gasteiger charge is 2.55. The molecule has 2 aliphatic rings. The van der Waals surface area contributed by atoms with Crippen LogP contribution in [0.4, 0.5) is 5.13 Å². The normalized spacial score (nSPS) is 16.7. The molecule has 1 saturated heterocycles. The molecule has 5 aromatic carbocycles. The number of anilines is 1. The standard InChI is InChI=1S/C44H33Cl2N5O5S2/c45-32-26-57-41-35(40(53)51(41)36(32)42(54)55-37(27-16-6-1-7-17-27)28-18-8-2-9-19-28)48-39(52)34(33-38(46)58-43(47)49-33)50-56-44(29-20-10-3-11-21-29,30-22-12-4-13-23-30)31-24-14-5-15-25-31/h1-25,35,37,41H,26H2,(H2,47,49)(H,48,52)/t35-,41+/m1/s1. The lowest BCUT2D eigenvalue weighted by Crippen LogP contribution is -2.71. The number of esters is 1. The van der Waals surface area contributed by atoms with Gasteiger partial charge < -0.3 is 20.6 Å². The third-order valence-electron chi connectivity index (χ3n) is 9.69. The summed E-state index contributed by atoms with van der Waals surface area (Å²) in [6, 6.07) is 46.0. The first-order valence-electron chi connectivity index (χ1n) is 18.1. The minimum atomic E-state index is -1.35. The lowest BCUT2D eigenvalue weighted by molar-refractivity contribution is -0.154. The van der Waals surface area contributed by atoms with Crippen molar-refractivity contribution in [2.45, 2.75) is 23.1 Å². The predicted molar refractivity (Wildman–Crippen MR) is 227 cm³/mol. The van der Waals surface area contributed by atoms with Crippen LogP contribution in [-0.2, 0) is 29.6 Å². The zero-order valence-electron chi connectivity index (χ0n) is 30.4. The minimum absolute atomic E-state index is 0.0234. The SMILES string of the molecule is Nc1nc(C(=NOC(c2ccccc2)(c2ccccc2)c2ccccc2)C(=O)N[C@@H]2C(=O)N3C(C(=O)OC(c4ccccc4)c4ccccc4)=C(Cl)CS[C@@H]23)c(Cl)s1. The maximum atomic E-state index is 14.4. The second kappa shape index (κ2) is 16.9. The molecule has 290 valence electrons. The summed E-state index contributed by atoms with van der Waals surface area (Å²) < 4.78 is 6.19. The van der Waals surface area contributed by atoms with Gasteiger partial charge in [0.25, 0.3) is 11.8 Å². The highest BCUT2D eigenvalue weighted by molar-refractivity contribution is 8.00. The van der Waals surface area contributed by atoms with E-state index in [0.717, 1.165) is 39.2 Å². The molecule has 0 aliphatic carbocycles. The highest BCUT2D eigenvalue weighted by Crippen LogP contribution is 2.44. The number of benzene rings is 5. The van der Waals surface area contributed by atoms with Crippen LogP contribution in [0.5, 0.6) is 0 Å². The zero-order chi connectivity index (χ0) is 40.2. The van der Waals surface area contributed by atoms with E-state index >= 15 is 0 Å². The molecular formula is C44H33Cl2N5O5S2. The van der Waals surface area contributed by atoms with E-state index in [1.165, 1.54) is 16.7 Å². The summed E-state index contributed by atoms with van der Waals surface area (Å²) in [5.74, 6) is -1.94. The topological polar surface area (TPSA) is 136 Å². The van der Waals surface area contributed by atoms with E-state index in [9.17, 15) is 14.4 Å². The van der Waals surface area contributed by atoms with Crippen molar-refractivity contribution in [2.24, 2.45) is 5.16 Å². The van der Waals surface area contributed by atoms with Crippen LogP contribution in [0.25, 0.3) is 0 Å². The van der Waals surface area contributed by atoms with Crippen LogP contribution < -0.4 is 11.1 Å². The fourth-order valence-corrected chi connectivity index (χ4v) is 9.45. The third kappa shape index (κ3) is 7.47. The molecule has 58 heavy (non-hydrogen) atoms. The number of nitrogens with one attached hydrogen (secondary N) is 1. The summed E-state index contributed by atoms with van der Waals surface area (Å²) in [4.78, 5) is 54.6. The number of thiazole rings is 1. The molecule has 0 bridgehead atoms. The van der Waals surface area contributed by atoms with Crippen LogP contribution in [0.15, 0.2) is 168 Å². The smallest absolute Gasteiger partial charge is 0.357 e. The van der Waals surface area contributed by atoms with Crippen molar-refractivity contribution in [1.29, 1.82) is 0 Å². The van der Waals surface area contributed by atoms with Crippen molar-refractivity contribution in [1.82, 2.24) is 15.2 Å². The predicted octanol–water partition coefficient (Wildman–Crippen LogP) is 8.27. The van der Waals surface area contributed by atoms with Crippen molar-refractivity contribution in [3.05, 3.63) is 200 Å². The van der Waals surface area contributed by atoms with Crippen LogP contribution in [-0.4, -0.2) is 50.5 Å². The number of nitrogens with two attached hydrogens (primary N) is 1. The molecule has 0 saturated carbocycles. The minimum Gasteiger partial charge on any atom is -0.448 e. The summed E-state index contributed by atoms with van der Waals surface area (Å²) >= 11 is 15.5. The Hall–Kier alpha value is -5.92. The van der Waals surface area contributed by atoms with Crippen molar-refractivity contribution < 1.29 is 24.0 Å². The number of hydrogen-bond donors (Lipinski definition) is 2. The van der Waals surface area contributed by atoms with Gasteiger partial charge in [-0.2, -0.15) is 0 Å².